The van der Waals surface area contributed by atoms with E-state index < -0.39 is 21.0 Å². The van der Waals surface area contributed by atoms with Crippen LogP contribution in [0.4, 0.5) is 0 Å². The zero-order valence-corrected chi connectivity index (χ0v) is 13.1. The number of hydrogen-bond donors (Lipinski definition) is 0. The van der Waals surface area contributed by atoms with E-state index in [2.05, 4.69) is 0 Å². The number of carbonyl (C=O) groups excluding carboxylic acids is 1. The monoisotopic (exact) mass is 246 g/mol. The number of rotatable bonds is 2. The van der Waals surface area contributed by atoms with Crippen molar-refractivity contribution in [3.63, 3.8) is 0 Å². The molecule has 0 spiro atoms. The SMILES string of the molecule is O=C([O-])c1ccc(S(=O)(=O)[O-])cc1.[Na+].[Na+]. The summed E-state index contributed by atoms with van der Waals surface area (Å²) in [6.45, 7) is 0. The van der Waals surface area contributed by atoms with E-state index in [-0.39, 0.29) is 64.7 Å². The van der Waals surface area contributed by atoms with Gasteiger partial charge in [-0.1, -0.05) is 12.1 Å². The summed E-state index contributed by atoms with van der Waals surface area (Å²) in [6, 6.07) is 3.85. The Labute approximate surface area is 131 Å². The first-order valence-electron chi connectivity index (χ1n) is 3.18. The fraction of sp³-hybridized carbons (Fsp3) is 0. The molecule has 0 N–H and O–H groups in total. The molecule has 0 heterocycles. The molecule has 0 aromatic heterocycles. The van der Waals surface area contributed by atoms with Gasteiger partial charge < -0.3 is 14.5 Å². The minimum atomic E-state index is -4.51. The third-order valence-electron chi connectivity index (χ3n) is 1.38. The van der Waals surface area contributed by atoms with Crippen LogP contribution in [0.5, 0.6) is 0 Å². The van der Waals surface area contributed by atoms with Crippen LogP contribution in [0.1, 0.15) is 10.4 Å². The molecule has 5 nitrogen and oxygen atoms in total. The number of carboxylic acids is 1. The van der Waals surface area contributed by atoms with Gasteiger partial charge in [0.1, 0.15) is 10.1 Å². The topological polar surface area (TPSA) is 97.3 Å². The van der Waals surface area contributed by atoms with Gasteiger partial charge in [-0.15, -0.1) is 0 Å². The summed E-state index contributed by atoms with van der Waals surface area (Å²) in [5.74, 6) is -1.42. The second-order valence-electron chi connectivity index (χ2n) is 2.27. The first kappa shape index (κ1) is 18.0. The molecule has 0 saturated carbocycles. The molecule has 0 atom stereocenters. The van der Waals surface area contributed by atoms with E-state index in [0.29, 0.717) is 0 Å². The summed E-state index contributed by atoms with van der Waals surface area (Å²) in [7, 11) is -4.51. The Bertz CT molecular complexity index is 425. The quantitative estimate of drug-likeness (QED) is 0.381. The van der Waals surface area contributed by atoms with Crippen LogP contribution < -0.4 is 64.2 Å². The predicted molar refractivity (Wildman–Crippen MR) is 38.7 cm³/mol. The molecule has 0 fully saturated rings. The van der Waals surface area contributed by atoms with Crippen molar-refractivity contribution in [3.8, 4) is 0 Å². The fourth-order valence-corrected chi connectivity index (χ4v) is 1.23. The van der Waals surface area contributed by atoms with Crippen molar-refractivity contribution in [1.82, 2.24) is 0 Å². The largest absolute Gasteiger partial charge is 1.00 e. The maximum atomic E-state index is 10.4. The van der Waals surface area contributed by atoms with Crippen LogP contribution in [0, 0.1) is 0 Å². The maximum Gasteiger partial charge on any atom is 1.00 e. The summed E-state index contributed by atoms with van der Waals surface area (Å²) in [4.78, 5) is 9.76. The molecule has 1 aromatic rings. The second kappa shape index (κ2) is 7.03. The Kier molecular flexibility index (Phi) is 8.43. The van der Waals surface area contributed by atoms with Crippen molar-refractivity contribution in [2.24, 2.45) is 0 Å². The zero-order chi connectivity index (χ0) is 10.1. The van der Waals surface area contributed by atoms with Gasteiger partial charge in [-0.2, -0.15) is 0 Å². The van der Waals surface area contributed by atoms with Crippen molar-refractivity contribution >= 4 is 16.1 Å². The van der Waals surface area contributed by atoms with E-state index in [1.165, 1.54) is 0 Å². The molecule has 0 aliphatic rings. The fourth-order valence-electron chi connectivity index (χ4n) is 0.758. The first-order valence-corrected chi connectivity index (χ1v) is 4.59. The van der Waals surface area contributed by atoms with Gasteiger partial charge in [0.15, 0.2) is 0 Å². The van der Waals surface area contributed by atoms with Crippen molar-refractivity contribution in [3.05, 3.63) is 29.8 Å². The third kappa shape index (κ3) is 5.46. The third-order valence-corrected chi connectivity index (χ3v) is 2.23. The van der Waals surface area contributed by atoms with E-state index in [4.69, 9.17) is 0 Å². The van der Waals surface area contributed by atoms with Gasteiger partial charge in [-0.25, -0.2) is 8.42 Å². The van der Waals surface area contributed by atoms with Crippen molar-refractivity contribution in [1.29, 1.82) is 0 Å². The molecule has 0 radical (unpaired) electrons. The van der Waals surface area contributed by atoms with Gasteiger partial charge in [-0.3, -0.25) is 0 Å². The average molecular weight is 246 g/mol. The Morgan fingerprint density at radius 1 is 1.07 bits per heavy atom. The molecule has 0 unspecified atom stereocenters. The Morgan fingerprint density at radius 3 is 1.73 bits per heavy atom. The van der Waals surface area contributed by atoms with Crippen LogP contribution in [-0.4, -0.2) is 18.9 Å². The molecule has 0 aliphatic heterocycles. The number of benzene rings is 1. The molecule has 0 saturated heterocycles. The average Bonchev–Trinajstić information content (AvgIpc) is 2.03. The molecule has 0 bridgehead atoms. The Hall–Kier alpha value is 0.600. The smallest absolute Gasteiger partial charge is 0.744 e. The molecule has 0 aliphatic carbocycles. The molecule has 8 heteroatoms. The Balaban J connectivity index is 0. The number of hydrogen-bond acceptors (Lipinski definition) is 5. The van der Waals surface area contributed by atoms with Gasteiger partial charge >= 0.3 is 59.1 Å². The second-order valence-corrected chi connectivity index (χ2v) is 3.65. The molecule has 1 rings (SSSR count). The normalized spacial score (nSPS) is 9.67. The summed E-state index contributed by atoms with van der Waals surface area (Å²) < 4.78 is 31.2. The van der Waals surface area contributed by atoms with E-state index >= 15 is 0 Å². The van der Waals surface area contributed by atoms with Gasteiger partial charge in [0, 0.05) is 0 Å². The maximum absolute atomic E-state index is 10.4. The van der Waals surface area contributed by atoms with E-state index in [0.717, 1.165) is 24.3 Å². The summed E-state index contributed by atoms with van der Waals surface area (Å²) >= 11 is 0. The minimum Gasteiger partial charge on any atom is -0.744 e. The zero-order valence-electron chi connectivity index (χ0n) is 8.26. The summed E-state index contributed by atoms with van der Waals surface area (Å²) in [5.41, 5.74) is -0.174. The van der Waals surface area contributed by atoms with Crippen molar-refractivity contribution < 1.29 is 82.0 Å². The number of carbonyl (C=O) groups is 1. The minimum absolute atomic E-state index is 0. The molecule has 15 heavy (non-hydrogen) atoms. The van der Waals surface area contributed by atoms with Crippen LogP contribution >= 0.6 is 0 Å². The van der Waals surface area contributed by atoms with Gasteiger partial charge in [0.2, 0.25) is 0 Å². The van der Waals surface area contributed by atoms with Gasteiger partial charge in [0.25, 0.3) is 0 Å². The van der Waals surface area contributed by atoms with Crippen LogP contribution in [0.25, 0.3) is 0 Å². The Morgan fingerprint density at radius 2 is 1.47 bits per heavy atom. The summed E-state index contributed by atoms with van der Waals surface area (Å²) in [6.07, 6.45) is 0. The first-order chi connectivity index (χ1) is 5.91. The standard InChI is InChI=1S/C7H6O5S.2Na/c8-7(9)5-1-3-6(4-2-5)13(10,11)12;;/h1-4H,(H,8,9)(H,10,11,12);;/q;2*+1/p-2. The van der Waals surface area contributed by atoms with Crippen LogP contribution in [0.2, 0.25) is 0 Å². The molecule has 1 aromatic carbocycles. The van der Waals surface area contributed by atoms with Gasteiger partial charge in [-0.05, 0) is 17.7 Å². The number of aromatic carboxylic acids is 1. The van der Waals surface area contributed by atoms with E-state index in [1.807, 2.05) is 0 Å². The summed E-state index contributed by atoms with van der Waals surface area (Å²) in [5, 5.41) is 10.2. The van der Waals surface area contributed by atoms with E-state index in [1.54, 1.807) is 0 Å². The van der Waals surface area contributed by atoms with Crippen LogP contribution in [0.15, 0.2) is 29.2 Å². The van der Waals surface area contributed by atoms with Crippen molar-refractivity contribution in [2.45, 2.75) is 4.90 Å². The molecular formula is C7H4Na2O5S. The van der Waals surface area contributed by atoms with Crippen LogP contribution in [0.3, 0.4) is 0 Å². The van der Waals surface area contributed by atoms with E-state index in [9.17, 15) is 22.9 Å². The molecule has 70 valence electrons. The van der Waals surface area contributed by atoms with Gasteiger partial charge in [0.05, 0.1) is 10.9 Å². The molecular weight excluding hydrogens is 242 g/mol. The number of carboxylic acid groups (broad SMARTS) is 1. The van der Waals surface area contributed by atoms with Crippen LogP contribution in [-0.2, 0) is 10.1 Å². The predicted octanol–water partition coefficient (Wildman–Crippen LogP) is -7.04. The van der Waals surface area contributed by atoms with Crippen molar-refractivity contribution in [2.75, 3.05) is 0 Å². The molecule has 0 amide bonds.